The highest BCUT2D eigenvalue weighted by atomic mass is 35.5. The van der Waals surface area contributed by atoms with E-state index in [2.05, 4.69) is 15.0 Å². The maximum absolute atomic E-state index is 12.9. The number of phenolic OH excluding ortho intramolecular Hbond substituents is 1. The van der Waals surface area contributed by atoms with Crippen LogP contribution < -0.4 is 10.1 Å². The number of phenols is 1. The van der Waals surface area contributed by atoms with Crippen molar-refractivity contribution in [2.75, 3.05) is 25.6 Å². The van der Waals surface area contributed by atoms with Crippen molar-refractivity contribution in [2.24, 2.45) is 0 Å². The van der Waals surface area contributed by atoms with Crippen LogP contribution >= 0.6 is 11.6 Å². The molecule has 1 aromatic heterocycles. The molecule has 5 nitrogen and oxygen atoms in total. The van der Waals surface area contributed by atoms with Crippen LogP contribution in [0, 0.1) is 0 Å². The van der Waals surface area contributed by atoms with E-state index in [0.29, 0.717) is 46.4 Å². The molecule has 0 unspecified atom stereocenters. The van der Waals surface area contributed by atoms with Gasteiger partial charge in [0.15, 0.2) is 0 Å². The minimum atomic E-state index is -2.95. The van der Waals surface area contributed by atoms with Crippen LogP contribution in [0.5, 0.6) is 11.5 Å². The lowest BCUT2D eigenvalue weighted by Crippen LogP contribution is -2.07. The Morgan fingerprint density at radius 3 is 2.67 bits per heavy atom. The van der Waals surface area contributed by atoms with Gasteiger partial charge in [0.2, 0.25) is 0 Å². The molecule has 0 spiro atoms. The first-order chi connectivity index (χ1) is 14.5. The minimum absolute atomic E-state index is 0.00602. The van der Waals surface area contributed by atoms with Gasteiger partial charge in [-0.15, -0.1) is 0 Å². The van der Waals surface area contributed by atoms with Crippen LogP contribution in [0.1, 0.15) is 6.42 Å². The zero-order valence-corrected chi connectivity index (χ0v) is 17.0. The van der Waals surface area contributed by atoms with Gasteiger partial charge >= 0.3 is 6.61 Å². The minimum Gasteiger partial charge on any atom is -0.507 e. The molecular weight excluding hydrogens is 414 g/mol. The lowest BCUT2D eigenvalue weighted by molar-refractivity contribution is -0.0494. The number of pyridine rings is 1. The second-order valence-corrected chi connectivity index (χ2v) is 6.87. The molecule has 0 saturated heterocycles. The van der Waals surface area contributed by atoms with Crippen LogP contribution in [-0.4, -0.2) is 37.0 Å². The van der Waals surface area contributed by atoms with Gasteiger partial charge in [-0.1, -0.05) is 29.8 Å². The standard InChI is InChI=1S/C22H21ClF2N2O3/c1-29-10-4-9-26-21-12-14(16-5-2-3-6-20(16)30-22(24)25)11-18(27-21)17-13-15(23)7-8-19(17)28/h2-3,5-8,11-13,22,28H,4,9-10H2,1H3,(H,26,27). The van der Waals surface area contributed by atoms with Gasteiger partial charge in [-0.05, 0) is 48.4 Å². The summed E-state index contributed by atoms with van der Waals surface area (Å²) in [6.45, 7) is -1.77. The van der Waals surface area contributed by atoms with E-state index in [4.69, 9.17) is 16.3 Å². The maximum Gasteiger partial charge on any atom is 0.387 e. The Hall–Kier alpha value is -2.90. The number of nitrogens with zero attached hydrogens (tertiary/aromatic N) is 1. The van der Waals surface area contributed by atoms with Crippen LogP contribution in [0.4, 0.5) is 14.6 Å². The van der Waals surface area contributed by atoms with Gasteiger partial charge in [-0.2, -0.15) is 8.78 Å². The number of benzene rings is 2. The van der Waals surface area contributed by atoms with Crippen molar-refractivity contribution in [1.29, 1.82) is 0 Å². The summed E-state index contributed by atoms with van der Waals surface area (Å²) in [5.74, 6) is 0.571. The zero-order valence-electron chi connectivity index (χ0n) is 16.2. The molecule has 158 valence electrons. The SMILES string of the molecule is COCCCNc1cc(-c2ccccc2OC(F)F)cc(-c2cc(Cl)ccc2O)n1. The number of halogens is 3. The van der Waals surface area contributed by atoms with Crippen molar-refractivity contribution in [1.82, 2.24) is 4.98 Å². The summed E-state index contributed by atoms with van der Waals surface area (Å²) < 4.78 is 35.5. The molecule has 0 aliphatic carbocycles. The summed E-state index contributed by atoms with van der Waals surface area (Å²) in [6.07, 6.45) is 0.755. The van der Waals surface area contributed by atoms with E-state index in [0.717, 1.165) is 6.42 Å². The number of hydrogen-bond donors (Lipinski definition) is 2. The molecule has 0 radical (unpaired) electrons. The Kier molecular flexibility index (Phi) is 7.43. The fourth-order valence-electron chi connectivity index (χ4n) is 2.96. The van der Waals surface area contributed by atoms with Crippen LogP contribution in [0.3, 0.4) is 0 Å². The number of rotatable bonds is 9. The third kappa shape index (κ3) is 5.58. The molecule has 3 rings (SSSR count). The first kappa shape index (κ1) is 21.8. The molecule has 0 bridgehead atoms. The molecule has 1 heterocycles. The summed E-state index contributed by atoms with van der Waals surface area (Å²) in [7, 11) is 1.62. The van der Waals surface area contributed by atoms with Crippen molar-refractivity contribution in [3.63, 3.8) is 0 Å². The fraction of sp³-hybridized carbons (Fsp3) is 0.227. The van der Waals surface area contributed by atoms with Gasteiger partial charge in [-0.3, -0.25) is 0 Å². The number of aromatic nitrogens is 1. The number of alkyl halides is 2. The van der Waals surface area contributed by atoms with Crippen LogP contribution in [0.15, 0.2) is 54.6 Å². The number of hydrogen-bond acceptors (Lipinski definition) is 5. The molecule has 0 aliphatic heterocycles. The molecule has 0 saturated carbocycles. The summed E-state index contributed by atoms with van der Waals surface area (Å²) in [4.78, 5) is 4.56. The predicted molar refractivity (Wildman–Crippen MR) is 113 cm³/mol. The summed E-state index contributed by atoms with van der Waals surface area (Å²) in [5, 5.41) is 13.9. The molecule has 2 N–H and O–H groups in total. The van der Waals surface area contributed by atoms with Gasteiger partial charge in [0, 0.05) is 36.4 Å². The lowest BCUT2D eigenvalue weighted by Gasteiger charge is -2.15. The first-order valence-corrected chi connectivity index (χ1v) is 9.63. The number of nitrogens with one attached hydrogen (secondary N) is 1. The summed E-state index contributed by atoms with van der Waals surface area (Å²) in [6, 6.07) is 14.6. The number of aromatic hydroxyl groups is 1. The highest BCUT2D eigenvalue weighted by Gasteiger charge is 2.15. The van der Waals surface area contributed by atoms with Crippen LogP contribution in [0.25, 0.3) is 22.4 Å². The number of para-hydroxylation sites is 1. The Balaban J connectivity index is 2.07. The Morgan fingerprint density at radius 1 is 1.10 bits per heavy atom. The number of ether oxygens (including phenoxy) is 2. The summed E-state index contributed by atoms with van der Waals surface area (Å²) >= 11 is 6.09. The van der Waals surface area contributed by atoms with Crippen molar-refractivity contribution >= 4 is 17.4 Å². The van der Waals surface area contributed by atoms with E-state index < -0.39 is 6.61 Å². The second kappa shape index (κ2) is 10.2. The third-order valence-electron chi connectivity index (χ3n) is 4.31. The molecule has 3 aromatic rings. The normalized spacial score (nSPS) is 11.0. The van der Waals surface area contributed by atoms with Gasteiger partial charge in [-0.25, -0.2) is 4.98 Å². The molecule has 0 fully saturated rings. The smallest absolute Gasteiger partial charge is 0.387 e. The lowest BCUT2D eigenvalue weighted by atomic mass is 10.0. The second-order valence-electron chi connectivity index (χ2n) is 6.44. The van der Waals surface area contributed by atoms with Crippen molar-refractivity contribution in [3.8, 4) is 33.9 Å². The van der Waals surface area contributed by atoms with E-state index in [1.54, 1.807) is 49.6 Å². The van der Waals surface area contributed by atoms with Crippen molar-refractivity contribution < 1.29 is 23.4 Å². The molecule has 2 aromatic carbocycles. The van der Waals surface area contributed by atoms with E-state index in [9.17, 15) is 13.9 Å². The zero-order chi connectivity index (χ0) is 21.5. The van der Waals surface area contributed by atoms with Crippen molar-refractivity contribution in [3.05, 3.63) is 59.6 Å². The fourth-order valence-corrected chi connectivity index (χ4v) is 3.14. The van der Waals surface area contributed by atoms with E-state index >= 15 is 0 Å². The molecule has 0 atom stereocenters. The van der Waals surface area contributed by atoms with Gasteiger partial charge < -0.3 is 19.9 Å². The average Bonchev–Trinajstić information content (AvgIpc) is 2.73. The Morgan fingerprint density at radius 2 is 1.90 bits per heavy atom. The van der Waals surface area contributed by atoms with E-state index in [-0.39, 0.29) is 11.5 Å². The van der Waals surface area contributed by atoms with Crippen LogP contribution in [-0.2, 0) is 4.74 Å². The monoisotopic (exact) mass is 434 g/mol. The molecule has 8 heteroatoms. The largest absolute Gasteiger partial charge is 0.507 e. The molecule has 30 heavy (non-hydrogen) atoms. The van der Waals surface area contributed by atoms with Crippen LogP contribution in [0.2, 0.25) is 5.02 Å². The molecule has 0 amide bonds. The Labute approximate surface area is 178 Å². The molecular formula is C22H21ClF2N2O3. The van der Waals surface area contributed by atoms with Gasteiger partial charge in [0.1, 0.15) is 17.3 Å². The highest BCUT2D eigenvalue weighted by molar-refractivity contribution is 6.31. The van der Waals surface area contributed by atoms with Gasteiger partial charge in [0.25, 0.3) is 0 Å². The number of methoxy groups -OCH3 is 1. The van der Waals surface area contributed by atoms with E-state index in [1.165, 1.54) is 12.1 Å². The Bertz CT molecular complexity index is 1000. The quantitative estimate of drug-likeness (QED) is 0.415. The first-order valence-electron chi connectivity index (χ1n) is 9.26. The van der Waals surface area contributed by atoms with E-state index in [1.807, 2.05) is 0 Å². The number of anilines is 1. The summed E-state index contributed by atoms with van der Waals surface area (Å²) in [5.41, 5.74) is 1.94. The van der Waals surface area contributed by atoms with Gasteiger partial charge in [0.05, 0.1) is 5.69 Å². The maximum atomic E-state index is 12.9. The average molecular weight is 435 g/mol. The highest BCUT2D eigenvalue weighted by Crippen LogP contribution is 2.37. The van der Waals surface area contributed by atoms with Crippen molar-refractivity contribution in [2.45, 2.75) is 13.0 Å². The topological polar surface area (TPSA) is 63.6 Å². The predicted octanol–water partition coefficient (Wildman–Crippen LogP) is 5.82. The third-order valence-corrected chi connectivity index (χ3v) is 4.54. The molecule has 0 aliphatic rings.